The summed E-state index contributed by atoms with van der Waals surface area (Å²) in [4.78, 5) is 12.5. The Labute approximate surface area is 124 Å². The molecule has 0 aliphatic heterocycles. The van der Waals surface area contributed by atoms with Crippen molar-refractivity contribution in [3.8, 4) is 0 Å². The highest BCUT2D eigenvalue weighted by atomic mass is 16.1. The molecule has 1 N–H and O–H groups in total. The second-order valence-corrected chi connectivity index (χ2v) is 5.02. The third-order valence-electron chi connectivity index (χ3n) is 3.49. The normalized spacial score (nSPS) is 10.7. The molecule has 0 saturated carbocycles. The van der Waals surface area contributed by atoms with Crippen LogP contribution in [0.1, 0.15) is 47.0 Å². The lowest BCUT2D eigenvalue weighted by Gasteiger charge is -2.09. The van der Waals surface area contributed by atoms with Gasteiger partial charge in [0.15, 0.2) is 0 Å². The first-order valence-electron chi connectivity index (χ1n) is 7.16. The number of carbonyl (C=O) groups is 1. The smallest absolute Gasteiger partial charge is 0.257 e. The number of hydrogen-bond donors (Lipinski definition) is 1. The highest BCUT2D eigenvalue weighted by Crippen LogP contribution is 2.21. The lowest BCUT2D eigenvalue weighted by molar-refractivity contribution is 0.102. The molecular formula is C15H21N5O. The summed E-state index contributed by atoms with van der Waals surface area (Å²) in [6, 6.07) is 1.77. The molecule has 2 heterocycles. The van der Waals surface area contributed by atoms with Gasteiger partial charge >= 0.3 is 0 Å². The molecule has 112 valence electrons. The van der Waals surface area contributed by atoms with Crippen LogP contribution in [0.2, 0.25) is 0 Å². The molecule has 0 radical (unpaired) electrons. The fourth-order valence-corrected chi connectivity index (χ4v) is 2.34. The van der Waals surface area contributed by atoms with E-state index in [-0.39, 0.29) is 5.91 Å². The molecule has 0 atom stereocenters. The van der Waals surface area contributed by atoms with E-state index in [4.69, 9.17) is 0 Å². The Bertz CT molecular complexity index is 675. The summed E-state index contributed by atoms with van der Waals surface area (Å²) in [7, 11) is 0. The SMILES string of the molecule is CCc1nnc(C)cc1C(=O)Nc1c(C)nn(CC)c1C. The van der Waals surface area contributed by atoms with Crippen LogP contribution in [0.3, 0.4) is 0 Å². The highest BCUT2D eigenvalue weighted by Gasteiger charge is 2.17. The molecule has 6 heteroatoms. The van der Waals surface area contributed by atoms with Gasteiger partial charge in [-0.2, -0.15) is 15.3 Å². The second kappa shape index (κ2) is 6.03. The van der Waals surface area contributed by atoms with Gasteiger partial charge in [-0.05, 0) is 40.2 Å². The van der Waals surface area contributed by atoms with E-state index in [2.05, 4.69) is 20.6 Å². The van der Waals surface area contributed by atoms with Crippen LogP contribution in [0.4, 0.5) is 5.69 Å². The maximum atomic E-state index is 12.5. The molecule has 2 rings (SSSR count). The number of nitrogens with one attached hydrogen (secondary N) is 1. The minimum absolute atomic E-state index is 0.160. The molecule has 2 aromatic rings. The van der Waals surface area contributed by atoms with Gasteiger partial charge < -0.3 is 5.32 Å². The Balaban J connectivity index is 2.34. The summed E-state index contributed by atoms with van der Waals surface area (Å²) in [6.45, 7) is 10.4. The van der Waals surface area contributed by atoms with E-state index in [0.29, 0.717) is 17.7 Å². The van der Waals surface area contributed by atoms with Crippen molar-refractivity contribution < 1.29 is 4.79 Å². The van der Waals surface area contributed by atoms with Crippen molar-refractivity contribution in [1.82, 2.24) is 20.0 Å². The lowest BCUT2D eigenvalue weighted by atomic mass is 10.1. The molecule has 0 aliphatic rings. The fraction of sp³-hybridized carbons (Fsp3) is 0.467. The highest BCUT2D eigenvalue weighted by molar-refractivity contribution is 6.05. The van der Waals surface area contributed by atoms with Crippen LogP contribution >= 0.6 is 0 Å². The summed E-state index contributed by atoms with van der Waals surface area (Å²) >= 11 is 0. The van der Waals surface area contributed by atoms with Crippen molar-refractivity contribution in [2.24, 2.45) is 0 Å². The zero-order chi connectivity index (χ0) is 15.6. The Morgan fingerprint density at radius 3 is 2.52 bits per heavy atom. The molecule has 0 fully saturated rings. The Morgan fingerprint density at radius 2 is 1.95 bits per heavy atom. The predicted molar refractivity (Wildman–Crippen MR) is 81.5 cm³/mol. The zero-order valence-electron chi connectivity index (χ0n) is 13.2. The van der Waals surface area contributed by atoms with Gasteiger partial charge in [0, 0.05) is 6.54 Å². The molecule has 0 bridgehead atoms. The van der Waals surface area contributed by atoms with E-state index in [1.165, 1.54) is 0 Å². The summed E-state index contributed by atoms with van der Waals surface area (Å²) in [5.41, 5.74) is 4.57. The standard InChI is InChI=1S/C15H21N5O/c1-6-13-12(8-9(3)17-18-13)15(21)16-14-10(4)19-20(7-2)11(14)5/h8H,6-7H2,1-5H3,(H,16,21). The summed E-state index contributed by atoms with van der Waals surface area (Å²) < 4.78 is 1.88. The van der Waals surface area contributed by atoms with Crippen LogP contribution in [0.15, 0.2) is 6.07 Å². The number of amides is 1. The first-order chi connectivity index (χ1) is 9.97. The van der Waals surface area contributed by atoms with Crippen molar-refractivity contribution in [3.05, 3.63) is 34.4 Å². The summed E-state index contributed by atoms with van der Waals surface area (Å²) in [5, 5.41) is 15.5. The van der Waals surface area contributed by atoms with Crippen LogP contribution in [0, 0.1) is 20.8 Å². The van der Waals surface area contributed by atoms with E-state index >= 15 is 0 Å². The number of hydrogen-bond acceptors (Lipinski definition) is 4. The van der Waals surface area contributed by atoms with Gasteiger partial charge in [-0.3, -0.25) is 9.48 Å². The molecule has 0 saturated heterocycles. The number of carbonyl (C=O) groups excluding carboxylic acids is 1. The third-order valence-corrected chi connectivity index (χ3v) is 3.49. The van der Waals surface area contributed by atoms with E-state index in [1.54, 1.807) is 6.07 Å². The minimum atomic E-state index is -0.160. The number of aromatic nitrogens is 4. The summed E-state index contributed by atoms with van der Waals surface area (Å²) in [5.74, 6) is -0.160. The van der Waals surface area contributed by atoms with Crippen molar-refractivity contribution in [1.29, 1.82) is 0 Å². The van der Waals surface area contributed by atoms with Gasteiger partial charge in [-0.25, -0.2) is 0 Å². The minimum Gasteiger partial charge on any atom is -0.319 e. The van der Waals surface area contributed by atoms with Gasteiger partial charge in [0.1, 0.15) is 0 Å². The molecule has 6 nitrogen and oxygen atoms in total. The van der Waals surface area contributed by atoms with E-state index in [1.807, 2.05) is 39.3 Å². The number of rotatable bonds is 4. The van der Waals surface area contributed by atoms with Gasteiger partial charge in [0.05, 0.1) is 34.0 Å². The molecule has 0 aromatic carbocycles. The molecule has 0 unspecified atom stereocenters. The lowest BCUT2D eigenvalue weighted by Crippen LogP contribution is -2.17. The number of anilines is 1. The fourth-order valence-electron chi connectivity index (χ4n) is 2.34. The van der Waals surface area contributed by atoms with Crippen LogP contribution < -0.4 is 5.32 Å². The monoisotopic (exact) mass is 287 g/mol. The van der Waals surface area contributed by atoms with Gasteiger partial charge in [0.2, 0.25) is 0 Å². The maximum absolute atomic E-state index is 12.5. The van der Waals surface area contributed by atoms with E-state index in [0.717, 1.165) is 29.3 Å². The van der Waals surface area contributed by atoms with Crippen molar-refractivity contribution in [3.63, 3.8) is 0 Å². The average molecular weight is 287 g/mol. The Morgan fingerprint density at radius 1 is 1.24 bits per heavy atom. The molecule has 1 amide bonds. The first-order valence-corrected chi connectivity index (χ1v) is 7.16. The van der Waals surface area contributed by atoms with E-state index in [9.17, 15) is 4.79 Å². The molecular weight excluding hydrogens is 266 g/mol. The van der Waals surface area contributed by atoms with Crippen molar-refractivity contribution in [2.75, 3.05) is 5.32 Å². The topological polar surface area (TPSA) is 72.7 Å². The zero-order valence-corrected chi connectivity index (χ0v) is 13.2. The van der Waals surface area contributed by atoms with Crippen molar-refractivity contribution in [2.45, 2.75) is 47.6 Å². The first kappa shape index (κ1) is 15.2. The third kappa shape index (κ3) is 2.94. The average Bonchev–Trinajstić information content (AvgIpc) is 2.74. The maximum Gasteiger partial charge on any atom is 0.257 e. The van der Waals surface area contributed by atoms with Crippen LogP contribution in [-0.4, -0.2) is 25.9 Å². The second-order valence-electron chi connectivity index (χ2n) is 5.02. The van der Waals surface area contributed by atoms with Gasteiger partial charge in [-0.1, -0.05) is 6.92 Å². The van der Waals surface area contributed by atoms with Crippen LogP contribution in [0.25, 0.3) is 0 Å². The quantitative estimate of drug-likeness (QED) is 0.937. The Hall–Kier alpha value is -2.24. The molecule has 2 aromatic heterocycles. The molecule has 21 heavy (non-hydrogen) atoms. The van der Waals surface area contributed by atoms with Crippen LogP contribution in [0.5, 0.6) is 0 Å². The largest absolute Gasteiger partial charge is 0.319 e. The Kier molecular flexibility index (Phi) is 4.35. The number of nitrogens with zero attached hydrogens (tertiary/aromatic N) is 4. The van der Waals surface area contributed by atoms with E-state index < -0.39 is 0 Å². The molecule has 0 aliphatic carbocycles. The molecule has 0 spiro atoms. The van der Waals surface area contributed by atoms with Gasteiger partial charge in [0.25, 0.3) is 5.91 Å². The van der Waals surface area contributed by atoms with Crippen LogP contribution in [-0.2, 0) is 13.0 Å². The number of aryl methyl sites for hydroxylation is 4. The summed E-state index contributed by atoms with van der Waals surface area (Å²) in [6.07, 6.45) is 0.669. The van der Waals surface area contributed by atoms with Crippen molar-refractivity contribution >= 4 is 11.6 Å². The predicted octanol–water partition coefficient (Wildman–Crippen LogP) is 2.43. The van der Waals surface area contributed by atoms with Gasteiger partial charge in [-0.15, -0.1) is 0 Å².